The minimum absolute atomic E-state index is 0.0692. The molecule has 6 heteroatoms. The molecule has 0 aromatic carbocycles. The summed E-state index contributed by atoms with van der Waals surface area (Å²) in [7, 11) is 5.72. The van der Waals surface area contributed by atoms with Crippen molar-refractivity contribution < 1.29 is 4.79 Å². The van der Waals surface area contributed by atoms with Crippen LogP contribution in [-0.4, -0.2) is 49.5 Å². The van der Waals surface area contributed by atoms with Crippen molar-refractivity contribution in [2.24, 2.45) is 5.92 Å². The molecule has 112 valence electrons. The summed E-state index contributed by atoms with van der Waals surface area (Å²) in [4.78, 5) is 18.5. The van der Waals surface area contributed by atoms with Gasteiger partial charge in [0, 0.05) is 25.8 Å². The van der Waals surface area contributed by atoms with Crippen LogP contribution >= 0.6 is 11.6 Å². The van der Waals surface area contributed by atoms with Gasteiger partial charge in [0.15, 0.2) is 0 Å². The normalized spacial score (nSPS) is 12.6. The van der Waals surface area contributed by atoms with Gasteiger partial charge in [-0.05, 0) is 26.1 Å². The summed E-state index contributed by atoms with van der Waals surface area (Å²) in [6.45, 7) is 4.95. The molecule has 0 spiro atoms. The summed E-state index contributed by atoms with van der Waals surface area (Å²) >= 11 is 6.06. The molecular formula is C14H23ClN4O. The molecule has 1 unspecified atom stereocenters. The molecular weight excluding hydrogens is 276 g/mol. The first-order valence-corrected chi connectivity index (χ1v) is 7.01. The fourth-order valence-electron chi connectivity index (χ4n) is 1.81. The SMILES string of the molecule is CNc1cc(C(=O)NC(CN(C)C)C(C)C)c(Cl)cn1. The van der Waals surface area contributed by atoms with Crippen molar-refractivity contribution >= 4 is 23.3 Å². The van der Waals surface area contributed by atoms with E-state index < -0.39 is 0 Å². The highest BCUT2D eigenvalue weighted by atomic mass is 35.5. The lowest BCUT2D eigenvalue weighted by molar-refractivity contribution is 0.0916. The topological polar surface area (TPSA) is 57.3 Å². The quantitative estimate of drug-likeness (QED) is 0.844. The number of amides is 1. The molecule has 0 saturated heterocycles. The Morgan fingerprint density at radius 3 is 2.60 bits per heavy atom. The Labute approximate surface area is 125 Å². The van der Waals surface area contributed by atoms with Gasteiger partial charge in [-0.25, -0.2) is 4.98 Å². The Morgan fingerprint density at radius 1 is 1.45 bits per heavy atom. The average Bonchev–Trinajstić information content (AvgIpc) is 2.37. The standard InChI is InChI=1S/C14H23ClN4O/c1-9(2)12(8-19(4)5)18-14(20)10-6-13(16-3)17-7-11(10)15/h6-7,9,12H,8H2,1-5H3,(H,16,17)(H,18,20). The number of aromatic nitrogens is 1. The lowest BCUT2D eigenvalue weighted by atomic mass is 10.0. The molecule has 0 aliphatic rings. The summed E-state index contributed by atoms with van der Waals surface area (Å²) in [5.41, 5.74) is 0.440. The number of halogens is 1. The molecule has 0 aliphatic carbocycles. The third-order valence-corrected chi connectivity index (χ3v) is 3.34. The summed E-state index contributed by atoms with van der Waals surface area (Å²) in [5, 5.41) is 6.29. The highest BCUT2D eigenvalue weighted by molar-refractivity contribution is 6.33. The Bertz CT molecular complexity index is 462. The maximum Gasteiger partial charge on any atom is 0.253 e. The van der Waals surface area contributed by atoms with Crippen LogP contribution in [0.15, 0.2) is 12.3 Å². The third-order valence-electron chi connectivity index (χ3n) is 3.04. The van der Waals surface area contributed by atoms with Crippen LogP contribution in [0.5, 0.6) is 0 Å². The van der Waals surface area contributed by atoms with E-state index in [-0.39, 0.29) is 11.9 Å². The maximum atomic E-state index is 12.4. The van der Waals surface area contributed by atoms with Crippen LogP contribution in [0.3, 0.4) is 0 Å². The molecule has 0 fully saturated rings. The number of likely N-dealkylation sites (N-methyl/N-ethyl adjacent to an activating group) is 1. The molecule has 1 atom stereocenters. The van der Waals surface area contributed by atoms with Crippen molar-refractivity contribution in [3.63, 3.8) is 0 Å². The minimum atomic E-state index is -0.172. The second-order valence-electron chi connectivity index (χ2n) is 5.39. The highest BCUT2D eigenvalue weighted by Gasteiger charge is 2.20. The summed E-state index contributed by atoms with van der Waals surface area (Å²) in [6.07, 6.45) is 1.48. The molecule has 0 radical (unpaired) electrons. The lowest BCUT2D eigenvalue weighted by Crippen LogP contribution is -2.45. The molecule has 1 amide bonds. The number of carbonyl (C=O) groups is 1. The van der Waals surface area contributed by atoms with Gasteiger partial charge in [0.2, 0.25) is 0 Å². The Kier molecular flexibility index (Phi) is 6.23. The van der Waals surface area contributed by atoms with Gasteiger partial charge in [0.25, 0.3) is 5.91 Å². The number of rotatable bonds is 6. The Hall–Kier alpha value is -1.33. The van der Waals surface area contributed by atoms with Gasteiger partial charge in [-0.1, -0.05) is 25.4 Å². The number of nitrogens with one attached hydrogen (secondary N) is 2. The molecule has 1 rings (SSSR count). The molecule has 1 aromatic heterocycles. The van der Waals surface area contributed by atoms with Gasteiger partial charge in [-0.3, -0.25) is 4.79 Å². The lowest BCUT2D eigenvalue weighted by Gasteiger charge is -2.25. The minimum Gasteiger partial charge on any atom is -0.373 e. The van der Waals surface area contributed by atoms with Gasteiger partial charge in [-0.2, -0.15) is 0 Å². The number of hydrogen-bond donors (Lipinski definition) is 2. The van der Waals surface area contributed by atoms with Gasteiger partial charge in [0.05, 0.1) is 10.6 Å². The van der Waals surface area contributed by atoms with Crippen molar-refractivity contribution in [1.29, 1.82) is 0 Å². The van der Waals surface area contributed by atoms with E-state index in [1.54, 1.807) is 13.1 Å². The van der Waals surface area contributed by atoms with Crippen molar-refractivity contribution in [2.75, 3.05) is 33.0 Å². The van der Waals surface area contributed by atoms with E-state index in [4.69, 9.17) is 11.6 Å². The summed E-state index contributed by atoms with van der Waals surface area (Å²) in [6, 6.07) is 1.73. The Morgan fingerprint density at radius 2 is 2.10 bits per heavy atom. The fraction of sp³-hybridized carbons (Fsp3) is 0.571. The van der Waals surface area contributed by atoms with Crippen molar-refractivity contribution in [3.05, 3.63) is 22.8 Å². The maximum absolute atomic E-state index is 12.4. The van der Waals surface area contributed by atoms with Crippen LogP contribution in [0, 0.1) is 5.92 Å². The van der Waals surface area contributed by atoms with Crippen molar-refractivity contribution in [1.82, 2.24) is 15.2 Å². The monoisotopic (exact) mass is 298 g/mol. The van der Waals surface area contributed by atoms with Gasteiger partial charge in [-0.15, -0.1) is 0 Å². The van der Waals surface area contributed by atoms with Gasteiger partial charge >= 0.3 is 0 Å². The molecule has 1 aromatic rings. The second-order valence-corrected chi connectivity index (χ2v) is 5.79. The molecule has 5 nitrogen and oxygen atoms in total. The van der Waals surface area contributed by atoms with E-state index in [0.29, 0.717) is 22.3 Å². The van der Waals surface area contributed by atoms with Crippen LogP contribution in [0.2, 0.25) is 5.02 Å². The van der Waals surface area contributed by atoms with Crippen LogP contribution in [0.1, 0.15) is 24.2 Å². The van der Waals surface area contributed by atoms with E-state index in [1.807, 2.05) is 14.1 Å². The third kappa shape index (κ3) is 4.65. The van der Waals surface area contributed by atoms with Crippen molar-refractivity contribution in [3.8, 4) is 0 Å². The van der Waals surface area contributed by atoms with E-state index in [1.165, 1.54) is 6.20 Å². The van der Waals surface area contributed by atoms with Gasteiger partial charge in [0.1, 0.15) is 5.82 Å². The van der Waals surface area contributed by atoms with Crippen LogP contribution in [0.4, 0.5) is 5.82 Å². The molecule has 0 aliphatic heterocycles. The Balaban J connectivity index is 2.88. The van der Waals surface area contributed by atoms with E-state index in [0.717, 1.165) is 6.54 Å². The molecule has 0 saturated carbocycles. The first-order valence-electron chi connectivity index (χ1n) is 6.64. The smallest absolute Gasteiger partial charge is 0.253 e. The number of nitrogens with zero attached hydrogens (tertiary/aromatic N) is 2. The van der Waals surface area contributed by atoms with Crippen molar-refractivity contribution in [2.45, 2.75) is 19.9 Å². The van der Waals surface area contributed by atoms with Crippen LogP contribution in [-0.2, 0) is 0 Å². The van der Waals surface area contributed by atoms with E-state index >= 15 is 0 Å². The first-order chi connectivity index (χ1) is 9.35. The number of carbonyl (C=O) groups excluding carboxylic acids is 1. The van der Waals surface area contributed by atoms with Gasteiger partial charge < -0.3 is 15.5 Å². The predicted molar refractivity (Wildman–Crippen MR) is 83.4 cm³/mol. The number of anilines is 1. The average molecular weight is 299 g/mol. The first kappa shape index (κ1) is 16.7. The van der Waals surface area contributed by atoms with E-state index in [2.05, 4.69) is 34.4 Å². The summed E-state index contributed by atoms with van der Waals surface area (Å²) in [5.74, 6) is 0.786. The highest BCUT2D eigenvalue weighted by Crippen LogP contribution is 2.18. The van der Waals surface area contributed by atoms with Crippen LogP contribution in [0.25, 0.3) is 0 Å². The zero-order chi connectivity index (χ0) is 15.3. The second kappa shape index (κ2) is 7.45. The number of hydrogen-bond acceptors (Lipinski definition) is 4. The predicted octanol–water partition coefficient (Wildman–Crippen LogP) is 2.09. The molecule has 0 bridgehead atoms. The number of pyridine rings is 1. The van der Waals surface area contributed by atoms with E-state index in [9.17, 15) is 4.79 Å². The van der Waals surface area contributed by atoms with Crippen LogP contribution < -0.4 is 10.6 Å². The molecule has 20 heavy (non-hydrogen) atoms. The zero-order valence-corrected chi connectivity index (χ0v) is 13.5. The largest absolute Gasteiger partial charge is 0.373 e. The summed E-state index contributed by atoms with van der Waals surface area (Å²) < 4.78 is 0. The molecule has 2 N–H and O–H groups in total. The fourth-order valence-corrected chi connectivity index (χ4v) is 2.00. The molecule has 1 heterocycles. The zero-order valence-electron chi connectivity index (χ0n) is 12.7.